The quantitative estimate of drug-likeness (QED) is 0.156. The number of para-hydroxylation sites is 2. The third-order valence-corrected chi connectivity index (χ3v) is 7.12. The Morgan fingerprint density at radius 2 is 1.77 bits per heavy atom. The van der Waals surface area contributed by atoms with E-state index in [4.69, 9.17) is 19.2 Å². The van der Waals surface area contributed by atoms with Crippen molar-refractivity contribution in [1.29, 1.82) is 0 Å². The molecule has 6 aromatic rings. The second kappa shape index (κ2) is 10.8. The van der Waals surface area contributed by atoms with E-state index < -0.39 is 5.97 Å². The largest absolute Gasteiger partial charge is 0.488 e. The van der Waals surface area contributed by atoms with E-state index in [1.807, 2.05) is 54.6 Å². The van der Waals surface area contributed by atoms with E-state index in [1.165, 1.54) is 4.68 Å². The van der Waals surface area contributed by atoms with Gasteiger partial charge in [0.25, 0.3) is 5.56 Å². The van der Waals surface area contributed by atoms with Gasteiger partial charge in [-0.05, 0) is 88.3 Å². The number of ether oxygens (including phenoxy) is 1. The highest BCUT2D eigenvalue weighted by molar-refractivity contribution is 14.1. The molecule has 0 radical (unpaired) electrons. The maximum absolute atomic E-state index is 13.5. The predicted molar refractivity (Wildman–Crippen MR) is 161 cm³/mol. The standard InChI is InChI=1S/C31H20IN3O5/c32-24-15-20(11-14-27(24)39-18-19-9-12-21(13-10-19)31(37)38)17-33-35-29(28-16-22-5-1-4-8-26(22)40-28)34-25-7-3-2-6-23(25)30(35)36/h1-17H,18H2,(H,37,38). The zero-order chi connectivity index (χ0) is 27.6. The fourth-order valence-corrected chi connectivity index (χ4v) is 4.92. The van der Waals surface area contributed by atoms with Gasteiger partial charge in [-0.2, -0.15) is 9.78 Å². The summed E-state index contributed by atoms with van der Waals surface area (Å²) in [6, 6.07) is 28.7. The zero-order valence-corrected chi connectivity index (χ0v) is 23.0. The lowest BCUT2D eigenvalue weighted by atomic mass is 10.1. The van der Waals surface area contributed by atoms with Crippen molar-refractivity contribution in [2.75, 3.05) is 0 Å². The van der Waals surface area contributed by atoms with Crippen molar-refractivity contribution in [3.05, 3.63) is 128 Å². The van der Waals surface area contributed by atoms with E-state index in [0.29, 0.717) is 40.4 Å². The first kappa shape index (κ1) is 25.5. The van der Waals surface area contributed by atoms with E-state index in [1.54, 1.807) is 48.7 Å². The Bertz CT molecular complexity index is 1940. The number of furan rings is 1. The molecule has 0 unspecified atom stereocenters. The van der Waals surface area contributed by atoms with Crippen molar-refractivity contribution in [2.24, 2.45) is 5.10 Å². The molecule has 0 saturated heterocycles. The number of halogens is 1. The lowest BCUT2D eigenvalue weighted by Gasteiger charge is -2.10. The number of rotatable bonds is 7. The molecule has 0 saturated carbocycles. The molecule has 2 heterocycles. The van der Waals surface area contributed by atoms with Gasteiger partial charge in [-0.3, -0.25) is 4.79 Å². The number of carboxylic acid groups (broad SMARTS) is 1. The fraction of sp³-hybridized carbons (Fsp3) is 0.0323. The smallest absolute Gasteiger partial charge is 0.335 e. The number of aromatic carboxylic acids is 1. The SMILES string of the molecule is O=C(O)c1ccc(COc2ccc(C=Nn3c(-c4cc5ccccc5o4)nc4ccccc4c3=O)cc2I)cc1. The second-order valence-electron chi connectivity index (χ2n) is 8.94. The third-order valence-electron chi connectivity index (χ3n) is 6.27. The van der Waals surface area contributed by atoms with Crippen LogP contribution < -0.4 is 10.3 Å². The molecule has 0 bridgehead atoms. The van der Waals surface area contributed by atoms with Crippen molar-refractivity contribution in [2.45, 2.75) is 6.61 Å². The number of aromatic nitrogens is 2. The summed E-state index contributed by atoms with van der Waals surface area (Å²) in [6.45, 7) is 0.294. The Balaban J connectivity index is 1.30. The van der Waals surface area contributed by atoms with Crippen molar-refractivity contribution >= 4 is 56.6 Å². The average molecular weight is 641 g/mol. The summed E-state index contributed by atoms with van der Waals surface area (Å²) in [5, 5.41) is 14.9. The number of hydrogen-bond acceptors (Lipinski definition) is 6. The molecule has 40 heavy (non-hydrogen) atoms. The van der Waals surface area contributed by atoms with Crippen LogP contribution in [-0.4, -0.2) is 27.0 Å². The fourth-order valence-electron chi connectivity index (χ4n) is 4.23. The minimum absolute atomic E-state index is 0.228. The first-order chi connectivity index (χ1) is 19.5. The minimum Gasteiger partial charge on any atom is -0.488 e. The Hall–Kier alpha value is -4.77. The van der Waals surface area contributed by atoms with Crippen LogP contribution in [-0.2, 0) is 6.61 Å². The van der Waals surface area contributed by atoms with Gasteiger partial charge in [0.1, 0.15) is 17.9 Å². The summed E-state index contributed by atoms with van der Waals surface area (Å²) >= 11 is 2.18. The van der Waals surface area contributed by atoms with Crippen LogP contribution in [0.15, 0.2) is 111 Å². The topological polar surface area (TPSA) is 107 Å². The monoisotopic (exact) mass is 641 g/mol. The Labute approximate surface area is 241 Å². The number of carboxylic acids is 1. The molecular formula is C31H20IN3O5. The molecule has 4 aromatic carbocycles. The average Bonchev–Trinajstić information content (AvgIpc) is 3.41. The molecular weight excluding hydrogens is 621 g/mol. The van der Waals surface area contributed by atoms with Gasteiger partial charge in [-0.15, -0.1) is 0 Å². The van der Waals surface area contributed by atoms with Crippen LogP contribution in [0.5, 0.6) is 5.75 Å². The molecule has 196 valence electrons. The highest BCUT2D eigenvalue weighted by Crippen LogP contribution is 2.27. The molecule has 0 fully saturated rings. The normalized spacial score (nSPS) is 11.4. The van der Waals surface area contributed by atoms with Gasteiger partial charge in [-0.25, -0.2) is 9.78 Å². The molecule has 9 heteroatoms. The summed E-state index contributed by atoms with van der Waals surface area (Å²) in [6.07, 6.45) is 1.60. The van der Waals surface area contributed by atoms with Gasteiger partial charge in [0.15, 0.2) is 5.76 Å². The maximum atomic E-state index is 13.5. The molecule has 2 aromatic heterocycles. The molecule has 0 aliphatic rings. The summed E-state index contributed by atoms with van der Waals surface area (Å²) in [5.74, 6) is 0.453. The number of hydrogen-bond donors (Lipinski definition) is 1. The lowest BCUT2D eigenvalue weighted by Crippen LogP contribution is -2.20. The molecule has 0 amide bonds. The van der Waals surface area contributed by atoms with Gasteiger partial charge in [0, 0.05) is 5.39 Å². The summed E-state index contributed by atoms with van der Waals surface area (Å²) in [7, 11) is 0. The summed E-state index contributed by atoms with van der Waals surface area (Å²) in [4.78, 5) is 29.2. The van der Waals surface area contributed by atoms with E-state index in [2.05, 4.69) is 27.7 Å². The van der Waals surface area contributed by atoms with E-state index in [0.717, 1.165) is 20.1 Å². The Morgan fingerprint density at radius 3 is 2.55 bits per heavy atom. The van der Waals surface area contributed by atoms with Crippen molar-refractivity contribution in [3.63, 3.8) is 0 Å². The van der Waals surface area contributed by atoms with E-state index in [9.17, 15) is 9.59 Å². The lowest BCUT2D eigenvalue weighted by molar-refractivity contribution is 0.0697. The molecule has 1 N–H and O–H groups in total. The number of nitrogens with zero attached hydrogens (tertiary/aromatic N) is 3. The predicted octanol–water partition coefficient (Wildman–Crippen LogP) is 6.57. The zero-order valence-electron chi connectivity index (χ0n) is 20.8. The first-order valence-electron chi connectivity index (χ1n) is 12.3. The molecule has 0 spiro atoms. The minimum atomic E-state index is -0.967. The highest BCUT2D eigenvalue weighted by atomic mass is 127. The molecule has 0 atom stereocenters. The van der Waals surface area contributed by atoms with Crippen LogP contribution in [0.1, 0.15) is 21.5 Å². The highest BCUT2D eigenvalue weighted by Gasteiger charge is 2.16. The Morgan fingerprint density at radius 1 is 1.00 bits per heavy atom. The van der Waals surface area contributed by atoms with Crippen LogP contribution in [0, 0.1) is 3.57 Å². The number of carbonyl (C=O) groups is 1. The van der Waals surface area contributed by atoms with E-state index in [-0.39, 0.29) is 11.1 Å². The maximum Gasteiger partial charge on any atom is 0.335 e. The van der Waals surface area contributed by atoms with Crippen molar-refractivity contribution < 1.29 is 19.1 Å². The first-order valence-corrected chi connectivity index (χ1v) is 13.3. The Kier molecular flexibility index (Phi) is 6.87. The molecule has 0 aliphatic heterocycles. The van der Waals surface area contributed by atoms with Crippen LogP contribution in [0.2, 0.25) is 0 Å². The summed E-state index contributed by atoms with van der Waals surface area (Å²) in [5.41, 5.74) is 2.79. The van der Waals surface area contributed by atoms with Gasteiger partial charge >= 0.3 is 5.97 Å². The summed E-state index contributed by atoms with van der Waals surface area (Å²) < 4.78 is 14.1. The van der Waals surface area contributed by atoms with Crippen molar-refractivity contribution in [3.8, 4) is 17.3 Å². The van der Waals surface area contributed by atoms with Crippen LogP contribution in [0.25, 0.3) is 33.5 Å². The molecule has 0 aliphatic carbocycles. The molecule has 6 rings (SSSR count). The second-order valence-corrected chi connectivity index (χ2v) is 10.1. The van der Waals surface area contributed by atoms with E-state index >= 15 is 0 Å². The number of benzene rings is 4. The van der Waals surface area contributed by atoms with Crippen LogP contribution in [0.4, 0.5) is 0 Å². The molecule has 8 nitrogen and oxygen atoms in total. The van der Waals surface area contributed by atoms with Gasteiger partial charge < -0.3 is 14.3 Å². The van der Waals surface area contributed by atoms with Gasteiger partial charge in [-0.1, -0.05) is 42.5 Å². The number of fused-ring (bicyclic) bond motifs is 2. The third kappa shape index (κ3) is 5.10. The van der Waals surface area contributed by atoms with Crippen molar-refractivity contribution in [1.82, 2.24) is 9.66 Å². The van der Waals surface area contributed by atoms with Gasteiger partial charge in [0.2, 0.25) is 5.82 Å². The van der Waals surface area contributed by atoms with Crippen LogP contribution in [0.3, 0.4) is 0 Å². The van der Waals surface area contributed by atoms with Gasteiger partial charge in [0.05, 0.1) is 26.3 Å². The van der Waals surface area contributed by atoms with Crippen LogP contribution >= 0.6 is 22.6 Å².